The number of benzene rings is 2. The van der Waals surface area contributed by atoms with Crippen molar-refractivity contribution in [2.75, 3.05) is 25.5 Å². The number of hydrogen-bond acceptors (Lipinski definition) is 5. The summed E-state index contributed by atoms with van der Waals surface area (Å²) in [6, 6.07) is 14.3. The molecule has 6 nitrogen and oxygen atoms in total. The zero-order valence-electron chi connectivity index (χ0n) is 17.5. The molecule has 1 amide bonds. The number of hydrogen-bond donors (Lipinski definition) is 0. The van der Waals surface area contributed by atoms with Crippen LogP contribution >= 0.6 is 11.8 Å². The molecule has 5 rings (SSSR count). The predicted octanol–water partition coefficient (Wildman–Crippen LogP) is 4.41. The van der Waals surface area contributed by atoms with E-state index in [4.69, 9.17) is 9.47 Å². The Morgan fingerprint density at radius 2 is 2.00 bits per heavy atom. The minimum absolute atomic E-state index is 0.0834. The summed E-state index contributed by atoms with van der Waals surface area (Å²) in [5.74, 6) is 2.06. The van der Waals surface area contributed by atoms with Crippen LogP contribution in [-0.2, 0) is 4.79 Å². The summed E-state index contributed by atoms with van der Waals surface area (Å²) in [6.07, 6.45) is 5.71. The fraction of sp³-hybridized carbons (Fsp3) is 0.333. The van der Waals surface area contributed by atoms with Gasteiger partial charge in [0.2, 0.25) is 5.91 Å². The van der Waals surface area contributed by atoms with E-state index in [0.29, 0.717) is 19.0 Å². The number of fused-ring (bicyclic) bond motifs is 1. The van der Waals surface area contributed by atoms with Crippen LogP contribution in [0.5, 0.6) is 11.5 Å². The van der Waals surface area contributed by atoms with Crippen LogP contribution in [-0.4, -0.2) is 45.9 Å². The average molecular weight is 436 g/mol. The van der Waals surface area contributed by atoms with Crippen molar-refractivity contribution in [3.63, 3.8) is 0 Å². The lowest BCUT2D eigenvalue weighted by molar-refractivity contribution is -0.129. The fourth-order valence-corrected chi connectivity index (χ4v) is 5.15. The summed E-state index contributed by atoms with van der Waals surface area (Å²) in [5.41, 5.74) is 3.37. The number of thioether (sulfide) groups is 1. The highest BCUT2D eigenvalue weighted by Gasteiger charge is 2.31. The van der Waals surface area contributed by atoms with Gasteiger partial charge in [-0.3, -0.25) is 9.36 Å². The molecule has 0 bridgehead atoms. The third kappa shape index (κ3) is 4.02. The first kappa shape index (κ1) is 20.0. The predicted molar refractivity (Wildman–Crippen MR) is 120 cm³/mol. The van der Waals surface area contributed by atoms with E-state index in [-0.39, 0.29) is 11.9 Å². The Kier molecular flexibility index (Phi) is 5.59. The van der Waals surface area contributed by atoms with Crippen molar-refractivity contribution >= 4 is 17.7 Å². The number of aryl methyl sites for hydroxylation is 1. The number of ether oxygens (including phenoxy) is 2. The van der Waals surface area contributed by atoms with Crippen LogP contribution in [0.25, 0.3) is 5.69 Å². The smallest absolute Gasteiger partial charge is 0.233 e. The Labute approximate surface area is 186 Å². The summed E-state index contributed by atoms with van der Waals surface area (Å²) in [7, 11) is 0. The van der Waals surface area contributed by atoms with Gasteiger partial charge in [0.15, 0.2) is 16.7 Å². The first-order valence-electron chi connectivity index (χ1n) is 10.6. The van der Waals surface area contributed by atoms with Crippen LogP contribution < -0.4 is 9.47 Å². The van der Waals surface area contributed by atoms with E-state index in [2.05, 4.69) is 34.7 Å². The number of likely N-dealkylation sites (tertiary alicyclic amines) is 1. The van der Waals surface area contributed by atoms with Gasteiger partial charge in [0.25, 0.3) is 0 Å². The number of amides is 1. The van der Waals surface area contributed by atoms with E-state index in [0.717, 1.165) is 47.3 Å². The summed E-state index contributed by atoms with van der Waals surface area (Å²) in [5, 5.41) is 0.831. The lowest BCUT2D eigenvalue weighted by Gasteiger charge is -2.26. The highest BCUT2D eigenvalue weighted by atomic mass is 32.2. The number of para-hydroxylation sites is 1. The van der Waals surface area contributed by atoms with Gasteiger partial charge in [-0.15, -0.1) is 0 Å². The van der Waals surface area contributed by atoms with Gasteiger partial charge >= 0.3 is 0 Å². The molecule has 0 spiro atoms. The van der Waals surface area contributed by atoms with Crippen LogP contribution in [0.2, 0.25) is 0 Å². The molecule has 2 aliphatic heterocycles. The van der Waals surface area contributed by atoms with Crippen molar-refractivity contribution in [2.24, 2.45) is 0 Å². The molecule has 1 saturated heterocycles. The van der Waals surface area contributed by atoms with Crippen molar-refractivity contribution in [3.8, 4) is 17.2 Å². The van der Waals surface area contributed by atoms with E-state index in [1.165, 1.54) is 17.3 Å². The first-order valence-corrected chi connectivity index (χ1v) is 11.6. The highest BCUT2D eigenvalue weighted by Crippen LogP contribution is 2.38. The lowest BCUT2D eigenvalue weighted by atomic mass is 10.0. The maximum atomic E-state index is 13.1. The second-order valence-electron chi connectivity index (χ2n) is 7.80. The number of aromatic nitrogens is 2. The van der Waals surface area contributed by atoms with Crippen molar-refractivity contribution in [3.05, 3.63) is 66.0 Å². The maximum absolute atomic E-state index is 13.1. The van der Waals surface area contributed by atoms with Crippen LogP contribution in [0, 0.1) is 6.92 Å². The summed E-state index contributed by atoms with van der Waals surface area (Å²) < 4.78 is 13.4. The van der Waals surface area contributed by atoms with Crippen molar-refractivity contribution in [2.45, 2.75) is 31.0 Å². The Hall–Kier alpha value is -2.93. The van der Waals surface area contributed by atoms with E-state index in [1.807, 2.05) is 35.4 Å². The molecule has 3 aromatic rings. The Morgan fingerprint density at radius 1 is 1.16 bits per heavy atom. The van der Waals surface area contributed by atoms with Gasteiger partial charge in [0.05, 0.1) is 17.5 Å². The number of rotatable bonds is 5. The van der Waals surface area contributed by atoms with E-state index < -0.39 is 0 Å². The van der Waals surface area contributed by atoms with Gasteiger partial charge < -0.3 is 14.4 Å². The molecule has 0 radical (unpaired) electrons. The van der Waals surface area contributed by atoms with Crippen LogP contribution in [0.3, 0.4) is 0 Å². The minimum Gasteiger partial charge on any atom is -0.486 e. The summed E-state index contributed by atoms with van der Waals surface area (Å²) in [4.78, 5) is 19.6. The molecular formula is C24H25N3O3S. The van der Waals surface area contributed by atoms with Gasteiger partial charge in [-0.05, 0) is 49.1 Å². The lowest BCUT2D eigenvalue weighted by Crippen LogP contribution is -2.32. The molecule has 2 aliphatic rings. The molecule has 1 atom stereocenters. The molecule has 1 aromatic heterocycles. The minimum atomic E-state index is 0.0834. The Balaban J connectivity index is 1.29. The van der Waals surface area contributed by atoms with Crippen molar-refractivity contribution in [1.82, 2.24) is 14.5 Å². The zero-order chi connectivity index (χ0) is 21.2. The number of imidazole rings is 1. The monoisotopic (exact) mass is 435 g/mol. The summed E-state index contributed by atoms with van der Waals surface area (Å²) in [6.45, 7) is 4.01. The zero-order valence-corrected chi connectivity index (χ0v) is 18.3. The SMILES string of the molecule is Cc1ccccc1-n1ccnc1SCC(=O)N1CCCC1c1ccc2c(c1)OCCO2. The van der Waals surface area contributed by atoms with Gasteiger partial charge in [-0.25, -0.2) is 4.98 Å². The second-order valence-corrected chi connectivity index (χ2v) is 8.75. The molecule has 1 fully saturated rings. The summed E-state index contributed by atoms with van der Waals surface area (Å²) >= 11 is 1.49. The topological polar surface area (TPSA) is 56.6 Å². The molecule has 160 valence electrons. The highest BCUT2D eigenvalue weighted by molar-refractivity contribution is 7.99. The van der Waals surface area contributed by atoms with Crippen molar-refractivity contribution < 1.29 is 14.3 Å². The Morgan fingerprint density at radius 3 is 2.87 bits per heavy atom. The first-order chi connectivity index (χ1) is 15.2. The third-order valence-electron chi connectivity index (χ3n) is 5.83. The van der Waals surface area contributed by atoms with E-state index in [1.54, 1.807) is 6.20 Å². The molecule has 2 aromatic carbocycles. The largest absolute Gasteiger partial charge is 0.486 e. The van der Waals surface area contributed by atoms with E-state index >= 15 is 0 Å². The second kappa shape index (κ2) is 8.67. The van der Waals surface area contributed by atoms with Crippen LogP contribution in [0.4, 0.5) is 0 Å². The Bertz CT molecular complexity index is 1100. The maximum Gasteiger partial charge on any atom is 0.233 e. The van der Waals surface area contributed by atoms with Crippen LogP contribution in [0.15, 0.2) is 60.0 Å². The van der Waals surface area contributed by atoms with E-state index in [9.17, 15) is 4.79 Å². The molecular weight excluding hydrogens is 410 g/mol. The molecule has 7 heteroatoms. The number of carbonyl (C=O) groups excluding carboxylic acids is 1. The van der Waals surface area contributed by atoms with Gasteiger partial charge in [0, 0.05) is 18.9 Å². The standard InChI is InChI=1S/C24H25N3O3S/c1-17-5-2-3-6-19(17)27-12-10-25-24(27)31-16-23(28)26-11-4-7-20(26)18-8-9-21-22(15-18)30-14-13-29-21/h2-3,5-6,8-10,12,15,20H,4,7,11,13-14,16H2,1H3. The molecule has 31 heavy (non-hydrogen) atoms. The molecule has 0 aliphatic carbocycles. The quantitative estimate of drug-likeness (QED) is 0.556. The normalized spacial score (nSPS) is 17.7. The number of carbonyl (C=O) groups is 1. The van der Waals surface area contributed by atoms with Gasteiger partial charge in [0.1, 0.15) is 13.2 Å². The third-order valence-corrected chi connectivity index (χ3v) is 6.78. The molecule has 0 N–H and O–H groups in total. The van der Waals surface area contributed by atoms with Crippen LogP contribution in [0.1, 0.15) is 30.0 Å². The molecule has 0 saturated carbocycles. The average Bonchev–Trinajstić information content (AvgIpc) is 3.47. The molecule has 3 heterocycles. The van der Waals surface area contributed by atoms with Gasteiger partial charge in [-0.2, -0.15) is 0 Å². The van der Waals surface area contributed by atoms with Crippen molar-refractivity contribution in [1.29, 1.82) is 0 Å². The van der Waals surface area contributed by atoms with Gasteiger partial charge in [-0.1, -0.05) is 36.0 Å². The number of nitrogens with zero attached hydrogens (tertiary/aromatic N) is 3. The fourth-order valence-electron chi connectivity index (χ4n) is 4.30. The molecule has 1 unspecified atom stereocenters.